The van der Waals surface area contributed by atoms with Gasteiger partial charge in [-0.25, -0.2) is 0 Å². The third kappa shape index (κ3) is 2.57. The standard InChI is InChI=1S/C19H17N3OS/c1-22(2)14-9-7-12(8-10-14)17-20-18-15(19(24)21-17)11-13-5-3-4-6-16(13)23-18/h3-10H,11H2,1-2H3,(H,20,21,24). The fraction of sp³-hybridized carbons (Fsp3) is 0.158. The number of aromatic amines is 1. The molecule has 120 valence electrons. The molecule has 0 fully saturated rings. The molecule has 0 saturated heterocycles. The SMILES string of the molecule is CN(C)c1ccc(-c2nc3c(c(=S)[nH]2)Cc2ccccc2O3)cc1. The fourth-order valence-electron chi connectivity index (χ4n) is 2.82. The number of aromatic nitrogens is 2. The average Bonchev–Trinajstić information content (AvgIpc) is 2.60. The van der Waals surface area contributed by atoms with Crippen molar-refractivity contribution in [1.29, 1.82) is 0 Å². The predicted molar refractivity (Wildman–Crippen MR) is 98.5 cm³/mol. The third-order valence-electron chi connectivity index (χ3n) is 4.18. The lowest BCUT2D eigenvalue weighted by Crippen LogP contribution is -2.09. The van der Waals surface area contributed by atoms with E-state index in [1.54, 1.807) is 0 Å². The summed E-state index contributed by atoms with van der Waals surface area (Å²) in [6, 6.07) is 16.2. The summed E-state index contributed by atoms with van der Waals surface area (Å²) in [5, 5.41) is 0. The van der Waals surface area contributed by atoms with Crippen LogP contribution in [-0.2, 0) is 6.42 Å². The minimum Gasteiger partial charge on any atom is -0.438 e. The van der Waals surface area contributed by atoms with Gasteiger partial charge in [0.2, 0.25) is 5.88 Å². The molecule has 1 aromatic heterocycles. The number of benzene rings is 2. The molecule has 1 aliphatic heterocycles. The van der Waals surface area contributed by atoms with Crippen LogP contribution < -0.4 is 9.64 Å². The number of nitrogens with one attached hydrogen (secondary N) is 1. The molecular weight excluding hydrogens is 318 g/mol. The number of hydrogen-bond donors (Lipinski definition) is 1. The van der Waals surface area contributed by atoms with Crippen LogP contribution in [0.3, 0.4) is 0 Å². The average molecular weight is 335 g/mol. The fourth-order valence-corrected chi connectivity index (χ4v) is 3.07. The van der Waals surface area contributed by atoms with E-state index >= 15 is 0 Å². The highest BCUT2D eigenvalue weighted by atomic mass is 32.1. The van der Waals surface area contributed by atoms with E-state index in [2.05, 4.69) is 33.1 Å². The van der Waals surface area contributed by atoms with Gasteiger partial charge in [0.15, 0.2) is 0 Å². The number of nitrogens with zero attached hydrogens (tertiary/aromatic N) is 2. The third-order valence-corrected chi connectivity index (χ3v) is 4.53. The summed E-state index contributed by atoms with van der Waals surface area (Å²) >= 11 is 5.54. The van der Waals surface area contributed by atoms with E-state index < -0.39 is 0 Å². The molecule has 0 amide bonds. The highest BCUT2D eigenvalue weighted by Crippen LogP contribution is 2.36. The van der Waals surface area contributed by atoms with Crippen molar-refractivity contribution in [2.45, 2.75) is 6.42 Å². The molecule has 4 rings (SSSR count). The molecule has 0 saturated carbocycles. The zero-order valence-electron chi connectivity index (χ0n) is 13.5. The van der Waals surface area contributed by atoms with E-state index in [1.165, 1.54) is 0 Å². The van der Waals surface area contributed by atoms with Crippen LogP contribution >= 0.6 is 12.2 Å². The van der Waals surface area contributed by atoms with Crippen LogP contribution in [0.5, 0.6) is 11.6 Å². The first kappa shape index (κ1) is 14.9. The second kappa shape index (κ2) is 5.76. The van der Waals surface area contributed by atoms with E-state index in [9.17, 15) is 0 Å². The van der Waals surface area contributed by atoms with Gasteiger partial charge in [-0.15, -0.1) is 0 Å². The Labute approximate surface area is 145 Å². The van der Waals surface area contributed by atoms with Gasteiger partial charge in [-0.05, 0) is 35.9 Å². The molecule has 3 aromatic rings. The second-order valence-corrected chi connectivity index (χ2v) is 6.43. The number of fused-ring (bicyclic) bond motifs is 2. The van der Waals surface area contributed by atoms with Crippen molar-refractivity contribution in [3.63, 3.8) is 0 Å². The Hall–Kier alpha value is -2.66. The number of ether oxygens (including phenoxy) is 1. The summed E-state index contributed by atoms with van der Waals surface area (Å²) in [6.07, 6.45) is 0.744. The minimum atomic E-state index is 0.601. The first-order chi connectivity index (χ1) is 11.6. The zero-order chi connectivity index (χ0) is 16.7. The van der Waals surface area contributed by atoms with Gasteiger partial charge in [-0.1, -0.05) is 30.4 Å². The number of para-hydroxylation sites is 1. The first-order valence-electron chi connectivity index (χ1n) is 7.78. The van der Waals surface area contributed by atoms with Gasteiger partial charge in [0, 0.05) is 31.8 Å². The summed E-state index contributed by atoms with van der Waals surface area (Å²) in [5.41, 5.74) is 4.20. The second-order valence-electron chi connectivity index (χ2n) is 6.03. The highest BCUT2D eigenvalue weighted by molar-refractivity contribution is 7.71. The van der Waals surface area contributed by atoms with Crippen LogP contribution in [-0.4, -0.2) is 24.1 Å². The smallest absolute Gasteiger partial charge is 0.227 e. The molecule has 0 radical (unpaired) electrons. The van der Waals surface area contributed by atoms with E-state index in [1.807, 2.05) is 44.4 Å². The summed E-state index contributed by atoms with van der Waals surface area (Å²) < 4.78 is 6.66. The van der Waals surface area contributed by atoms with E-state index in [4.69, 9.17) is 17.0 Å². The predicted octanol–water partition coefficient (Wildman–Crippen LogP) is 4.57. The maximum Gasteiger partial charge on any atom is 0.227 e. The van der Waals surface area contributed by atoms with Crippen LogP contribution in [0.2, 0.25) is 0 Å². The van der Waals surface area contributed by atoms with Gasteiger partial charge < -0.3 is 14.6 Å². The maximum absolute atomic E-state index is 5.98. The maximum atomic E-state index is 5.98. The molecule has 0 bridgehead atoms. The number of hydrogen-bond acceptors (Lipinski definition) is 4. The van der Waals surface area contributed by atoms with E-state index in [0.717, 1.165) is 40.4 Å². The van der Waals surface area contributed by atoms with Gasteiger partial charge >= 0.3 is 0 Å². The van der Waals surface area contributed by atoms with Crippen molar-refractivity contribution in [2.75, 3.05) is 19.0 Å². The molecule has 2 heterocycles. The largest absolute Gasteiger partial charge is 0.438 e. The lowest BCUT2D eigenvalue weighted by molar-refractivity contribution is 0.439. The van der Waals surface area contributed by atoms with Crippen molar-refractivity contribution in [1.82, 2.24) is 9.97 Å². The number of anilines is 1. The van der Waals surface area contributed by atoms with Crippen LogP contribution in [0.25, 0.3) is 11.4 Å². The molecule has 0 spiro atoms. The summed E-state index contributed by atoms with van der Waals surface area (Å²) in [7, 11) is 4.04. The van der Waals surface area contributed by atoms with Crippen molar-refractivity contribution in [3.8, 4) is 23.0 Å². The molecule has 2 aromatic carbocycles. The number of H-pyrrole nitrogens is 1. The molecule has 5 heteroatoms. The monoisotopic (exact) mass is 335 g/mol. The Bertz CT molecular complexity index is 961. The van der Waals surface area contributed by atoms with Gasteiger partial charge in [0.05, 0.1) is 5.56 Å². The van der Waals surface area contributed by atoms with Crippen LogP contribution in [0.15, 0.2) is 48.5 Å². The molecule has 1 N–H and O–H groups in total. The van der Waals surface area contributed by atoms with Gasteiger partial charge in [0.25, 0.3) is 0 Å². The van der Waals surface area contributed by atoms with Crippen molar-refractivity contribution in [3.05, 3.63) is 64.3 Å². The molecule has 0 unspecified atom stereocenters. The van der Waals surface area contributed by atoms with Crippen molar-refractivity contribution < 1.29 is 4.74 Å². The highest BCUT2D eigenvalue weighted by Gasteiger charge is 2.20. The zero-order valence-corrected chi connectivity index (χ0v) is 14.4. The lowest BCUT2D eigenvalue weighted by Gasteiger charge is -2.20. The van der Waals surface area contributed by atoms with Crippen molar-refractivity contribution >= 4 is 17.9 Å². The quantitative estimate of drug-likeness (QED) is 0.545. The topological polar surface area (TPSA) is 41.2 Å². The van der Waals surface area contributed by atoms with Gasteiger partial charge in [0.1, 0.15) is 16.2 Å². The minimum absolute atomic E-state index is 0.601. The molecule has 1 aliphatic rings. The van der Waals surface area contributed by atoms with Gasteiger partial charge in [-0.2, -0.15) is 4.98 Å². The Morgan fingerprint density at radius 2 is 1.83 bits per heavy atom. The summed E-state index contributed by atoms with van der Waals surface area (Å²) in [5.74, 6) is 2.18. The molecule has 24 heavy (non-hydrogen) atoms. The Kier molecular flexibility index (Phi) is 3.58. The van der Waals surface area contributed by atoms with Crippen molar-refractivity contribution in [2.24, 2.45) is 0 Å². The summed E-state index contributed by atoms with van der Waals surface area (Å²) in [6.45, 7) is 0. The summed E-state index contributed by atoms with van der Waals surface area (Å²) in [4.78, 5) is 9.96. The molecular formula is C19H17N3OS. The normalized spacial score (nSPS) is 12.1. The Balaban J connectivity index is 1.75. The van der Waals surface area contributed by atoms with Crippen LogP contribution in [0.1, 0.15) is 11.1 Å². The molecule has 0 aliphatic carbocycles. The van der Waals surface area contributed by atoms with E-state index in [-0.39, 0.29) is 0 Å². The number of rotatable bonds is 2. The molecule has 0 atom stereocenters. The lowest BCUT2D eigenvalue weighted by atomic mass is 10.0. The first-order valence-corrected chi connectivity index (χ1v) is 8.19. The van der Waals surface area contributed by atoms with Crippen LogP contribution in [0.4, 0.5) is 5.69 Å². The van der Waals surface area contributed by atoms with Crippen LogP contribution in [0, 0.1) is 4.64 Å². The van der Waals surface area contributed by atoms with Gasteiger partial charge in [-0.3, -0.25) is 0 Å². The molecule has 4 nitrogen and oxygen atoms in total. The Morgan fingerprint density at radius 1 is 1.08 bits per heavy atom. The van der Waals surface area contributed by atoms with E-state index in [0.29, 0.717) is 10.5 Å². The Morgan fingerprint density at radius 3 is 2.58 bits per heavy atom.